The van der Waals surface area contributed by atoms with E-state index in [4.69, 9.17) is 0 Å². The zero-order valence-corrected chi connectivity index (χ0v) is 16.2. The van der Waals surface area contributed by atoms with E-state index >= 15 is 0 Å². The average molecular weight is 382 g/mol. The van der Waals surface area contributed by atoms with E-state index in [2.05, 4.69) is 38.8 Å². The molecule has 4 rings (SSSR count). The quantitative estimate of drug-likeness (QED) is 0.512. The van der Waals surface area contributed by atoms with Crippen LogP contribution in [-0.2, 0) is 6.42 Å². The SMILES string of the molecule is Cc1cc(-c2ccc(NC(=O)NCCc3ccc4cnccc4c3)cc2)ccn1. The maximum Gasteiger partial charge on any atom is 0.319 e. The van der Waals surface area contributed by atoms with E-state index in [1.165, 1.54) is 5.56 Å². The Kier molecular flexibility index (Phi) is 5.47. The van der Waals surface area contributed by atoms with Gasteiger partial charge < -0.3 is 10.6 Å². The number of fused-ring (bicyclic) bond motifs is 1. The second-order valence-corrected chi connectivity index (χ2v) is 6.95. The molecule has 0 saturated carbocycles. The minimum Gasteiger partial charge on any atom is -0.338 e. The van der Waals surface area contributed by atoms with Gasteiger partial charge in [0.2, 0.25) is 0 Å². The van der Waals surface area contributed by atoms with Crippen LogP contribution in [0.15, 0.2) is 79.3 Å². The van der Waals surface area contributed by atoms with Gasteiger partial charge in [0.15, 0.2) is 0 Å². The first-order valence-electron chi connectivity index (χ1n) is 9.58. The number of anilines is 1. The fourth-order valence-electron chi connectivity index (χ4n) is 3.26. The Balaban J connectivity index is 1.30. The molecule has 2 aromatic carbocycles. The number of carbonyl (C=O) groups is 1. The Hall–Kier alpha value is -3.73. The number of aryl methyl sites for hydroxylation is 1. The molecule has 2 heterocycles. The smallest absolute Gasteiger partial charge is 0.319 e. The number of hydrogen-bond acceptors (Lipinski definition) is 3. The maximum atomic E-state index is 12.2. The Morgan fingerprint density at radius 3 is 2.59 bits per heavy atom. The Morgan fingerprint density at radius 1 is 0.897 bits per heavy atom. The van der Waals surface area contributed by atoms with Gasteiger partial charge in [-0.3, -0.25) is 9.97 Å². The fourth-order valence-corrected chi connectivity index (χ4v) is 3.26. The van der Waals surface area contributed by atoms with Gasteiger partial charge in [0.05, 0.1) is 0 Å². The van der Waals surface area contributed by atoms with Crippen molar-refractivity contribution in [2.45, 2.75) is 13.3 Å². The van der Waals surface area contributed by atoms with Crippen molar-refractivity contribution in [1.82, 2.24) is 15.3 Å². The summed E-state index contributed by atoms with van der Waals surface area (Å²) in [5.41, 5.74) is 5.12. The summed E-state index contributed by atoms with van der Waals surface area (Å²) >= 11 is 0. The second kappa shape index (κ2) is 8.52. The van der Waals surface area contributed by atoms with Crippen molar-refractivity contribution in [1.29, 1.82) is 0 Å². The van der Waals surface area contributed by atoms with Crippen LogP contribution in [0, 0.1) is 6.92 Å². The van der Waals surface area contributed by atoms with Crippen LogP contribution < -0.4 is 10.6 Å². The van der Waals surface area contributed by atoms with Gasteiger partial charge in [-0.25, -0.2) is 4.79 Å². The van der Waals surface area contributed by atoms with Crippen LogP contribution in [0.1, 0.15) is 11.3 Å². The van der Waals surface area contributed by atoms with Gasteiger partial charge in [0.1, 0.15) is 0 Å². The number of amides is 2. The Morgan fingerprint density at radius 2 is 1.76 bits per heavy atom. The predicted octanol–water partition coefficient (Wildman–Crippen LogP) is 4.97. The van der Waals surface area contributed by atoms with E-state index in [0.29, 0.717) is 6.54 Å². The van der Waals surface area contributed by atoms with Gasteiger partial charge in [-0.05, 0) is 65.8 Å². The first kappa shape index (κ1) is 18.6. The van der Waals surface area contributed by atoms with Crippen LogP contribution in [0.2, 0.25) is 0 Å². The van der Waals surface area contributed by atoms with Gasteiger partial charge in [-0.1, -0.05) is 30.3 Å². The molecule has 144 valence electrons. The van der Waals surface area contributed by atoms with Crippen LogP contribution >= 0.6 is 0 Å². The highest BCUT2D eigenvalue weighted by atomic mass is 16.2. The normalized spacial score (nSPS) is 10.7. The highest BCUT2D eigenvalue weighted by molar-refractivity contribution is 5.89. The zero-order chi connectivity index (χ0) is 20.1. The number of hydrogen-bond donors (Lipinski definition) is 2. The molecule has 0 aliphatic heterocycles. The van der Waals surface area contributed by atoms with Crippen molar-refractivity contribution in [3.8, 4) is 11.1 Å². The van der Waals surface area contributed by atoms with Crippen molar-refractivity contribution in [3.63, 3.8) is 0 Å². The topological polar surface area (TPSA) is 66.9 Å². The summed E-state index contributed by atoms with van der Waals surface area (Å²) in [4.78, 5) is 20.5. The van der Waals surface area contributed by atoms with Gasteiger partial charge in [-0.15, -0.1) is 0 Å². The molecule has 0 atom stereocenters. The monoisotopic (exact) mass is 382 g/mol. The van der Waals surface area contributed by atoms with E-state index in [-0.39, 0.29) is 6.03 Å². The number of aromatic nitrogens is 2. The third kappa shape index (κ3) is 4.76. The first-order valence-corrected chi connectivity index (χ1v) is 9.58. The number of nitrogens with zero attached hydrogens (tertiary/aromatic N) is 2. The summed E-state index contributed by atoms with van der Waals surface area (Å²) < 4.78 is 0. The van der Waals surface area contributed by atoms with Crippen molar-refractivity contribution in [2.75, 3.05) is 11.9 Å². The molecule has 29 heavy (non-hydrogen) atoms. The average Bonchev–Trinajstić information content (AvgIpc) is 2.74. The lowest BCUT2D eigenvalue weighted by Crippen LogP contribution is -2.30. The molecule has 0 unspecified atom stereocenters. The molecule has 2 amide bonds. The third-order valence-electron chi connectivity index (χ3n) is 4.78. The molecule has 0 bridgehead atoms. The van der Waals surface area contributed by atoms with E-state index in [0.717, 1.165) is 39.7 Å². The lowest BCUT2D eigenvalue weighted by molar-refractivity contribution is 0.252. The van der Waals surface area contributed by atoms with Crippen LogP contribution in [0.3, 0.4) is 0 Å². The lowest BCUT2D eigenvalue weighted by Gasteiger charge is -2.09. The predicted molar refractivity (Wildman–Crippen MR) is 117 cm³/mol. The van der Waals surface area contributed by atoms with E-state index in [9.17, 15) is 4.79 Å². The van der Waals surface area contributed by atoms with Gasteiger partial charge in [-0.2, -0.15) is 0 Å². The number of rotatable bonds is 5. The van der Waals surface area contributed by atoms with E-state index < -0.39 is 0 Å². The van der Waals surface area contributed by atoms with Gasteiger partial charge >= 0.3 is 6.03 Å². The largest absolute Gasteiger partial charge is 0.338 e. The molecule has 5 nitrogen and oxygen atoms in total. The summed E-state index contributed by atoms with van der Waals surface area (Å²) in [7, 11) is 0. The van der Waals surface area contributed by atoms with Crippen molar-refractivity contribution >= 4 is 22.5 Å². The molecule has 2 N–H and O–H groups in total. The standard InChI is InChI=1S/C24H22N4O/c1-17-14-20(10-13-26-17)19-4-6-23(7-5-19)28-24(29)27-12-8-18-2-3-22-16-25-11-9-21(22)15-18/h2-7,9-11,13-16H,8,12H2,1H3,(H2,27,28,29). The zero-order valence-electron chi connectivity index (χ0n) is 16.2. The van der Waals surface area contributed by atoms with Crippen LogP contribution in [0.4, 0.5) is 10.5 Å². The maximum absolute atomic E-state index is 12.2. The molecule has 0 aliphatic carbocycles. The number of urea groups is 1. The highest BCUT2D eigenvalue weighted by Gasteiger charge is 2.04. The lowest BCUT2D eigenvalue weighted by atomic mass is 10.1. The summed E-state index contributed by atoms with van der Waals surface area (Å²) in [6.07, 6.45) is 6.22. The summed E-state index contributed by atoms with van der Waals surface area (Å²) in [6.45, 7) is 2.54. The van der Waals surface area contributed by atoms with Crippen LogP contribution in [0.5, 0.6) is 0 Å². The molecule has 0 radical (unpaired) electrons. The highest BCUT2D eigenvalue weighted by Crippen LogP contribution is 2.21. The molecular weight excluding hydrogens is 360 g/mol. The molecule has 2 aromatic heterocycles. The van der Waals surface area contributed by atoms with Crippen molar-refractivity contribution < 1.29 is 4.79 Å². The van der Waals surface area contributed by atoms with Crippen LogP contribution in [-0.4, -0.2) is 22.5 Å². The number of nitrogens with one attached hydrogen (secondary N) is 2. The first-order chi connectivity index (χ1) is 14.2. The summed E-state index contributed by atoms with van der Waals surface area (Å²) in [5, 5.41) is 8.06. The second-order valence-electron chi connectivity index (χ2n) is 6.95. The molecule has 0 fully saturated rings. The summed E-state index contributed by atoms with van der Waals surface area (Å²) in [6, 6.07) is 19.9. The minimum atomic E-state index is -0.206. The summed E-state index contributed by atoms with van der Waals surface area (Å²) in [5.74, 6) is 0. The number of benzene rings is 2. The molecule has 0 spiro atoms. The Bertz CT molecular complexity index is 1140. The van der Waals surface area contributed by atoms with E-state index in [1.54, 1.807) is 12.4 Å². The Labute approximate surface area is 169 Å². The molecule has 5 heteroatoms. The number of pyridine rings is 2. The number of carbonyl (C=O) groups excluding carboxylic acids is 1. The van der Waals surface area contributed by atoms with E-state index in [1.807, 2.05) is 55.6 Å². The molecular formula is C24H22N4O. The molecule has 0 aliphatic rings. The van der Waals surface area contributed by atoms with Crippen LogP contribution in [0.25, 0.3) is 21.9 Å². The third-order valence-corrected chi connectivity index (χ3v) is 4.78. The fraction of sp³-hybridized carbons (Fsp3) is 0.125. The van der Waals surface area contributed by atoms with Crippen molar-refractivity contribution in [2.24, 2.45) is 0 Å². The van der Waals surface area contributed by atoms with Gasteiger partial charge in [0, 0.05) is 41.9 Å². The molecule has 4 aromatic rings. The van der Waals surface area contributed by atoms with Gasteiger partial charge in [0.25, 0.3) is 0 Å². The van der Waals surface area contributed by atoms with Crippen molar-refractivity contribution in [3.05, 3.63) is 90.5 Å². The minimum absolute atomic E-state index is 0.206. The molecule has 0 saturated heterocycles.